The van der Waals surface area contributed by atoms with E-state index in [-0.39, 0.29) is 16.5 Å². The number of aryl methyl sites for hydroxylation is 2. The van der Waals surface area contributed by atoms with Gasteiger partial charge in [-0.2, -0.15) is 0 Å². The molecule has 0 spiro atoms. The number of nitrogens with one attached hydrogen (secondary N) is 1. The lowest BCUT2D eigenvalue weighted by Gasteiger charge is -2.18. The highest BCUT2D eigenvalue weighted by atomic mass is 35.5. The zero-order valence-electron chi connectivity index (χ0n) is 17.9. The molecule has 0 saturated heterocycles. The quantitative estimate of drug-likeness (QED) is 0.336. The maximum atomic E-state index is 12.7. The third-order valence-electron chi connectivity index (χ3n) is 4.82. The standard InChI is InChI=1S/C22H17Cl2N5O4S/c1-13-10-11-25-22(26-13)28-34(31,32)16-8-6-15(7-9-16)29(12-30)21-14(2)33-27-20(21)19-17(23)4-3-5-18(19)24/h3-12H,1-2H3,(H,25,26,28). The Morgan fingerprint density at radius 2 is 1.71 bits per heavy atom. The molecule has 2 heterocycles. The zero-order valence-corrected chi connectivity index (χ0v) is 20.2. The lowest BCUT2D eigenvalue weighted by atomic mass is 10.1. The number of hydrogen-bond acceptors (Lipinski definition) is 7. The van der Waals surface area contributed by atoms with Crippen molar-refractivity contribution in [2.45, 2.75) is 18.7 Å². The number of benzene rings is 2. The minimum absolute atomic E-state index is 0.0383. The predicted octanol–water partition coefficient (Wildman–Crippen LogP) is 5.15. The number of hydrogen-bond donors (Lipinski definition) is 1. The van der Waals surface area contributed by atoms with Gasteiger partial charge in [-0.3, -0.25) is 9.69 Å². The summed E-state index contributed by atoms with van der Waals surface area (Å²) in [5.41, 5.74) is 1.99. The summed E-state index contributed by atoms with van der Waals surface area (Å²) >= 11 is 12.7. The number of carbonyl (C=O) groups excluding carboxylic acids is 1. The van der Waals surface area contributed by atoms with Crippen molar-refractivity contribution in [1.82, 2.24) is 15.1 Å². The molecule has 0 atom stereocenters. The second-order valence-corrected chi connectivity index (χ2v) is 9.63. The molecule has 4 rings (SSSR count). The first-order chi connectivity index (χ1) is 16.2. The Bertz CT molecular complexity index is 1450. The highest BCUT2D eigenvalue weighted by Gasteiger charge is 2.25. The van der Waals surface area contributed by atoms with Gasteiger partial charge in [-0.05, 0) is 56.3 Å². The first-order valence-corrected chi connectivity index (χ1v) is 12.0. The minimum atomic E-state index is -3.95. The van der Waals surface area contributed by atoms with Crippen LogP contribution in [0.2, 0.25) is 10.0 Å². The fraction of sp³-hybridized carbons (Fsp3) is 0.0909. The molecule has 0 fully saturated rings. The molecule has 2 aromatic carbocycles. The monoisotopic (exact) mass is 517 g/mol. The summed E-state index contributed by atoms with van der Waals surface area (Å²) < 4.78 is 33.1. The average molecular weight is 518 g/mol. The Morgan fingerprint density at radius 1 is 1.03 bits per heavy atom. The van der Waals surface area contributed by atoms with Crippen molar-refractivity contribution in [3.8, 4) is 11.3 Å². The molecule has 0 bridgehead atoms. The van der Waals surface area contributed by atoms with Crippen LogP contribution in [0.15, 0.2) is 64.1 Å². The molecular formula is C22H17Cl2N5O4S. The highest BCUT2D eigenvalue weighted by molar-refractivity contribution is 7.92. The number of amides is 1. The van der Waals surface area contributed by atoms with Gasteiger partial charge in [0.1, 0.15) is 11.4 Å². The summed E-state index contributed by atoms with van der Waals surface area (Å²) in [7, 11) is -3.95. The Hall–Kier alpha value is -3.47. The Kier molecular flexibility index (Phi) is 6.56. The average Bonchev–Trinajstić information content (AvgIpc) is 3.15. The van der Waals surface area contributed by atoms with E-state index in [0.29, 0.717) is 44.8 Å². The van der Waals surface area contributed by atoms with Crippen LogP contribution in [0.1, 0.15) is 11.5 Å². The molecule has 174 valence electrons. The maximum absolute atomic E-state index is 12.7. The van der Waals surface area contributed by atoms with Crippen LogP contribution in [-0.4, -0.2) is 30.0 Å². The summed E-state index contributed by atoms with van der Waals surface area (Å²) in [5, 5.41) is 4.71. The molecule has 4 aromatic rings. The van der Waals surface area contributed by atoms with Gasteiger partial charge in [-0.1, -0.05) is 34.4 Å². The summed E-state index contributed by atoms with van der Waals surface area (Å²) in [6.45, 7) is 3.36. The summed E-state index contributed by atoms with van der Waals surface area (Å²) in [6, 6.07) is 12.3. The molecule has 0 saturated carbocycles. The van der Waals surface area contributed by atoms with E-state index in [1.54, 1.807) is 38.1 Å². The van der Waals surface area contributed by atoms with E-state index in [1.807, 2.05) is 0 Å². The molecule has 0 unspecified atom stereocenters. The molecule has 0 radical (unpaired) electrons. The van der Waals surface area contributed by atoms with Gasteiger partial charge >= 0.3 is 0 Å². The summed E-state index contributed by atoms with van der Waals surface area (Å²) in [5.74, 6) is 0.299. The molecule has 12 heteroatoms. The fourth-order valence-electron chi connectivity index (χ4n) is 3.24. The number of sulfonamides is 1. The third kappa shape index (κ3) is 4.60. The first-order valence-electron chi connectivity index (χ1n) is 9.79. The minimum Gasteiger partial charge on any atom is -0.359 e. The van der Waals surface area contributed by atoms with Gasteiger partial charge in [-0.25, -0.2) is 23.1 Å². The molecule has 1 amide bonds. The third-order valence-corrected chi connectivity index (χ3v) is 6.80. The number of aromatic nitrogens is 3. The fourth-order valence-corrected chi connectivity index (χ4v) is 4.77. The molecule has 0 aliphatic heterocycles. The summed E-state index contributed by atoms with van der Waals surface area (Å²) in [6.07, 6.45) is 2.02. The van der Waals surface area contributed by atoms with Gasteiger partial charge in [0.15, 0.2) is 5.76 Å². The van der Waals surface area contributed by atoms with Crippen LogP contribution in [0, 0.1) is 13.8 Å². The lowest BCUT2D eigenvalue weighted by molar-refractivity contribution is -0.106. The Morgan fingerprint density at radius 3 is 2.32 bits per heavy atom. The molecule has 9 nitrogen and oxygen atoms in total. The van der Waals surface area contributed by atoms with Crippen LogP contribution < -0.4 is 9.62 Å². The molecule has 34 heavy (non-hydrogen) atoms. The van der Waals surface area contributed by atoms with E-state index in [4.69, 9.17) is 27.7 Å². The van der Waals surface area contributed by atoms with Crippen LogP contribution in [0.4, 0.5) is 17.3 Å². The number of anilines is 3. The van der Waals surface area contributed by atoms with Gasteiger partial charge in [0, 0.05) is 23.1 Å². The van der Waals surface area contributed by atoms with Crippen LogP contribution >= 0.6 is 23.2 Å². The lowest BCUT2D eigenvalue weighted by Crippen LogP contribution is -2.17. The van der Waals surface area contributed by atoms with E-state index in [2.05, 4.69) is 19.8 Å². The molecule has 0 aliphatic carbocycles. The van der Waals surface area contributed by atoms with Crippen molar-refractivity contribution in [2.75, 3.05) is 9.62 Å². The van der Waals surface area contributed by atoms with Crippen LogP contribution in [0.25, 0.3) is 11.3 Å². The Labute approximate surface area is 205 Å². The maximum Gasteiger partial charge on any atom is 0.264 e. The number of rotatable bonds is 7. The second-order valence-electron chi connectivity index (χ2n) is 7.13. The molecule has 0 aliphatic rings. The van der Waals surface area contributed by atoms with Crippen LogP contribution in [0.5, 0.6) is 0 Å². The van der Waals surface area contributed by atoms with Gasteiger partial charge in [-0.15, -0.1) is 0 Å². The van der Waals surface area contributed by atoms with Gasteiger partial charge in [0.05, 0.1) is 14.9 Å². The van der Waals surface area contributed by atoms with Crippen LogP contribution in [0.3, 0.4) is 0 Å². The molecule has 1 N–H and O–H groups in total. The number of halogens is 2. The predicted molar refractivity (Wildman–Crippen MR) is 129 cm³/mol. The number of carbonyl (C=O) groups is 1. The first kappa shape index (κ1) is 23.7. The number of nitrogens with zero attached hydrogens (tertiary/aromatic N) is 4. The highest BCUT2D eigenvalue weighted by Crippen LogP contribution is 2.42. The smallest absolute Gasteiger partial charge is 0.264 e. The van der Waals surface area contributed by atoms with E-state index < -0.39 is 10.0 Å². The van der Waals surface area contributed by atoms with E-state index in [0.717, 1.165) is 0 Å². The van der Waals surface area contributed by atoms with Crippen LogP contribution in [-0.2, 0) is 14.8 Å². The van der Waals surface area contributed by atoms with E-state index >= 15 is 0 Å². The van der Waals surface area contributed by atoms with Crippen molar-refractivity contribution in [2.24, 2.45) is 0 Å². The van der Waals surface area contributed by atoms with Gasteiger partial charge < -0.3 is 4.52 Å². The second kappa shape index (κ2) is 9.41. The van der Waals surface area contributed by atoms with Crippen molar-refractivity contribution in [3.63, 3.8) is 0 Å². The topological polar surface area (TPSA) is 118 Å². The summed E-state index contributed by atoms with van der Waals surface area (Å²) in [4.78, 5) is 21.3. The van der Waals surface area contributed by atoms with Crippen molar-refractivity contribution >= 4 is 57.0 Å². The van der Waals surface area contributed by atoms with E-state index in [9.17, 15) is 13.2 Å². The van der Waals surface area contributed by atoms with Crippen molar-refractivity contribution in [3.05, 3.63) is 76.2 Å². The van der Waals surface area contributed by atoms with E-state index in [1.165, 1.54) is 35.4 Å². The normalized spacial score (nSPS) is 11.3. The largest absolute Gasteiger partial charge is 0.359 e. The Balaban J connectivity index is 1.69. The van der Waals surface area contributed by atoms with Crippen molar-refractivity contribution in [1.29, 1.82) is 0 Å². The molecular weight excluding hydrogens is 501 g/mol. The zero-order chi connectivity index (χ0) is 24.5. The van der Waals surface area contributed by atoms with Crippen molar-refractivity contribution < 1.29 is 17.7 Å². The van der Waals surface area contributed by atoms with Gasteiger partial charge in [0.2, 0.25) is 12.4 Å². The molecule has 2 aromatic heterocycles. The van der Waals surface area contributed by atoms with Gasteiger partial charge in [0.25, 0.3) is 10.0 Å². The SMILES string of the molecule is Cc1ccnc(NS(=O)(=O)c2ccc(N(C=O)c3c(-c4c(Cl)cccc4Cl)noc3C)cc2)n1.